The number of rotatable bonds is 3. The van der Waals surface area contributed by atoms with Crippen molar-refractivity contribution in [2.45, 2.75) is 20.3 Å². The van der Waals surface area contributed by atoms with Crippen molar-refractivity contribution < 1.29 is 4.79 Å². The van der Waals surface area contributed by atoms with E-state index >= 15 is 0 Å². The molecule has 2 aromatic rings. The van der Waals surface area contributed by atoms with Gasteiger partial charge in [-0.15, -0.1) is 0 Å². The Balaban J connectivity index is 2.19. The fourth-order valence-corrected chi connectivity index (χ4v) is 2.00. The number of carbonyl (C=O) groups excluding carboxylic acids is 1. The molecule has 3 nitrogen and oxygen atoms in total. The standard InChI is InChI=1S/C14H13BrN2O/c1-9-5-10(2)14(17-7-9)13(18)6-12-4-3-11(15)8-16-12/h3-5,7-8H,6H2,1-2H3. The number of nitrogens with zero attached hydrogens (tertiary/aromatic N) is 2. The first-order chi connectivity index (χ1) is 8.56. The minimum Gasteiger partial charge on any atom is -0.292 e. The first-order valence-corrected chi connectivity index (χ1v) is 6.42. The number of halogens is 1. The first kappa shape index (κ1) is 12.9. The Morgan fingerprint density at radius 2 is 2.00 bits per heavy atom. The predicted molar refractivity (Wildman–Crippen MR) is 73.7 cm³/mol. The summed E-state index contributed by atoms with van der Waals surface area (Å²) in [6.45, 7) is 3.87. The zero-order valence-corrected chi connectivity index (χ0v) is 11.9. The van der Waals surface area contributed by atoms with E-state index in [-0.39, 0.29) is 12.2 Å². The number of pyridine rings is 2. The summed E-state index contributed by atoms with van der Waals surface area (Å²) in [6.07, 6.45) is 3.69. The number of carbonyl (C=O) groups is 1. The Hall–Kier alpha value is -1.55. The van der Waals surface area contributed by atoms with Gasteiger partial charge in [-0.2, -0.15) is 0 Å². The maximum atomic E-state index is 12.1. The van der Waals surface area contributed by atoms with E-state index in [4.69, 9.17) is 0 Å². The molecule has 0 saturated carbocycles. The van der Waals surface area contributed by atoms with Crippen molar-refractivity contribution in [3.05, 3.63) is 57.6 Å². The van der Waals surface area contributed by atoms with E-state index in [1.807, 2.05) is 32.0 Å². The van der Waals surface area contributed by atoms with Gasteiger partial charge in [0.05, 0.1) is 6.42 Å². The molecule has 4 heteroatoms. The van der Waals surface area contributed by atoms with Crippen LogP contribution in [-0.2, 0) is 6.42 Å². The second-order valence-corrected chi connectivity index (χ2v) is 5.16. The average Bonchev–Trinajstić information content (AvgIpc) is 2.32. The van der Waals surface area contributed by atoms with Gasteiger partial charge in [0.15, 0.2) is 5.78 Å². The normalized spacial score (nSPS) is 10.4. The van der Waals surface area contributed by atoms with E-state index in [0.717, 1.165) is 21.3 Å². The van der Waals surface area contributed by atoms with Crippen LogP contribution < -0.4 is 0 Å². The van der Waals surface area contributed by atoms with Gasteiger partial charge in [-0.05, 0) is 53.0 Å². The van der Waals surface area contributed by atoms with Crippen molar-refractivity contribution >= 4 is 21.7 Å². The summed E-state index contributed by atoms with van der Waals surface area (Å²) in [5, 5.41) is 0. The number of hydrogen-bond acceptors (Lipinski definition) is 3. The van der Waals surface area contributed by atoms with Gasteiger partial charge in [-0.1, -0.05) is 6.07 Å². The van der Waals surface area contributed by atoms with E-state index in [1.54, 1.807) is 12.4 Å². The molecule has 0 aliphatic heterocycles. The summed E-state index contributed by atoms with van der Waals surface area (Å²) < 4.78 is 0.906. The van der Waals surface area contributed by atoms with Crippen molar-refractivity contribution in [3.8, 4) is 0 Å². The number of ketones is 1. The van der Waals surface area contributed by atoms with Gasteiger partial charge in [0.2, 0.25) is 0 Å². The van der Waals surface area contributed by atoms with Gasteiger partial charge >= 0.3 is 0 Å². The van der Waals surface area contributed by atoms with Crippen LogP contribution in [0.25, 0.3) is 0 Å². The smallest absolute Gasteiger partial charge is 0.187 e. The van der Waals surface area contributed by atoms with Crippen LogP contribution in [0.3, 0.4) is 0 Å². The summed E-state index contributed by atoms with van der Waals surface area (Å²) in [7, 11) is 0. The molecule has 0 amide bonds. The molecule has 0 fully saturated rings. The van der Waals surface area contributed by atoms with Crippen LogP contribution in [0.5, 0.6) is 0 Å². The van der Waals surface area contributed by atoms with Crippen LogP contribution in [0.4, 0.5) is 0 Å². The van der Waals surface area contributed by atoms with Crippen molar-refractivity contribution in [1.82, 2.24) is 9.97 Å². The monoisotopic (exact) mass is 304 g/mol. The molecule has 0 unspecified atom stereocenters. The summed E-state index contributed by atoms with van der Waals surface area (Å²) in [6, 6.07) is 5.69. The Morgan fingerprint density at radius 1 is 1.22 bits per heavy atom. The van der Waals surface area contributed by atoms with Crippen LogP contribution in [0, 0.1) is 13.8 Å². The highest BCUT2D eigenvalue weighted by atomic mass is 79.9. The molecule has 0 spiro atoms. The third-order valence-corrected chi connectivity index (χ3v) is 3.08. The molecule has 18 heavy (non-hydrogen) atoms. The lowest BCUT2D eigenvalue weighted by molar-refractivity contribution is 0.0986. The molecule has 0 bridgehead atoms. The predicted octanol–water partition coefficient (Wildman–Crippen LogP) is 3.28. The van der Waals surface area contributed by atoms with Crippen molar-refractivity contribution in [1.29, 1.82) is 0 Å². The van der Waals surface area contributed by atoms with Crippen molar-refractivity contribution in [3.63, 3.8) is 0 Å². The van der Waals surface area contributed by atoms with Crippen LogP contribution in [0.2, 0.25) is 0 Å². The molecule has 0 aromatic carbocycles. The lowest BCUT2D eigenvalue weighted by Crippen LogP contribution is -2.09. The van der Waals surface area contributed by atoms with Crippen LogP contribution in [0.1, 0.15) is 27.3 Å². The summed E-state index contributed by atoms with van der Waals surface area (Å²) in [4.78, 5) is 20.5. The van der Waals surface area contributed by atoms with E-state index in [2.05, 4.69) is 25.9 Å². The molecule has 0 aliphatic rings. The molecule has 0 aliphatic carbocycles. The van der Waals surface area contributed by atoms with Crippen molar-refractivity contribution in [2.24, 2.45) is 0 Å². The zero-order valence-electron chi connectivity index (χ0n) is 10.3. The Kier molecular flexibility index (Phi) is 3.87. The molecule has 0 atom stereocenters. The highest BCUT2D eigenvalue weighted by Gasteiger charge is 2.12. The van der Waals surface area contributed by atoms with Crippen LogP contribution in [0.15, 0.2) is 35.1 Å². The van der Waals surface area contributed by atoms with Gasteiger partial charge in [0.1, 0.15) is 5.69 Å². The Bertz CT molecular complexity index is 579. The lowest BCUT2D eigenvalue weighted by Gasteiger charge is -2.04. The SMILES string of the molecule is Cc1cnc(C(=O)Cc2ccc(Br)cn2)c(C)c1. The van der Waals surface area contributed by atoms with E-state index < -0.39 is 0 Å². The first-order valence-electron chi connectivity index (χ1n) is 5.63. The number of aryl methyl sites for hydroxylation is 2. The highest BCUT2D eigenvalue weighted by molar-refractivity contribution is 9.10. The molecule has 92 valence electrons. The van der Waals surface area contributed by atoms with E-state index in [1.165, 1.54) is 0 Å². The lowest BCUT2D eigenvalue weighted by atomic mass is 10.1. The quantitative estimate of drug-likeness (QED) is 0.817. The maximum absolute atomic E-state index is 12.1. The van der Waals surface area contributed by atoms with Crippen molar-refractivity contribution in [2.75, 3.05) is 0 Å². The number of Topliss-reactive ketones (excluding diaryl/α,β-unsaturated/α-hetero) is 1. The second-order valence-electron chi connectivity index (χ2n) is 4.25. The van der Waals surface area contributed by atoms with Gasteiger partial charge in [0.25, 0.3) is 0 Å². The third-order valence-electron chi connectivity index (χ3n) is 2.61. The molecular weight excluding hydrogens is 292 g/mol. The molecule has 2 rings (SSSR count). The minimum atomic E-state index is 0.00215. The molecule has 0 N–H and O–H groups in total. The summed E-state index contributed by atoms with van der Waals surface area (Å²) >= 11 is 3.32. The van der Waals surface area contributed by atoms with Gasteiger partial charge in [0, 0.05) is 22.6 Å². The summed E-state index contributed by atoms with van der Waals surface area (Å²) in [5.74, 6) is 0.00215. The minimum absolute atomic E-state index is 0.00215. The molecule has 0 saturated heterocycles. The van der Waals surface area contributed by atoms with E-state index in [0.29, 0.717) is 5.69 Å². The van der Waals surface area contributed by atoms with E-state index in [9.17, 15) is 4.79 Å². The van der Waals surface area contributed by atoms with Crippen LogP contribution in [-0.4, -0.2) is 15.8 Å². The molecule has 0 radical (unpaired) electrons. The average molecular weight is 305 g/mol. The molecular formula is C14H13BrN2O. The number of aromatic nitrogens is 2. The molecule has 2 heterocycles. The largest absolute Gasteiger partial charge is 0.292 e. The van der Waals surface area contributed by atoms with Gasteiger partial charge in [-0.3, -0.25) is 14.8 Å². The summed E-state index contributed by atoms with van der Waals surface area (Å²) in [5.41, 5.74) is 3.26. The van der Waals surface area contributed by atoms with Gasteiger partial charge < -0.3 is 0 Å². The Morgan fingerprint density at radius 3 is 2.61 bits per heavy atom. The zero-order chi connectivity index (χ0) is 13.1. The van der Waals surface area contributed by atoms with Gasteiger partial charge in [-0.25, -0.2) is 0 Å². The maximum Gasteiger partial charge on any atom is 0.187 e. The van der Waals surface area contributed by atoms with Crippen LogP contribution >= 0.6 is 15.9 Å². The topological polar surface area (TPSA) is 42.9 Å². The second kappa shape index (κ2) is 5.40. The molecule has 2 aromatic heterocycles. The number of hydrogen-bond donors (Lipinski definition) is 0. The highest BCUT2D eigenvalue weighted by Crippen LogP contribution is 2.12. The fraction of sp³-hybridized carbons (Fsp3) is 0.214. The third kappa shape index (κ3) is 3.01. The Labute approximate surface area is 114 Å². The fourth-order valence-electron chi connectivity index (χ4n) is 1.77.